The molecule has 16 heavy (non-hydrogen) atoms. The van der Waals surface area contributed by atoms with Crippen LogP contribution in [0.3, 0.4) is 0 Å². The Balaban J connectivity index is 2.02. The molecule has 0 spiro atoms. The van der Waals surface area contributed by atoms with Crippen molar-refractivity contribution in [2.24, 2.45) is 11.8 Å². The first kappa shape index (κ1) is 11.0. The lowest BCUT2D eigenvalue weighted by molar-refractivity contribution is 0.145. The Morgan fingerprint density at radius 2 is 1.06 bits per heavy atom. The van der Waals surface area contributed by atoms with Crippen LogP contribution in [0.15, 0.2) is 0 Å². The second kappa shape index (κ2) is 3.22. The number of fused-ring (bicyclic) bond motifs is 4. The van der Waals surface area contributed by atoms with Crippen LogP contribution in [0.4, 0.5) is 0 Å². The van der Waals surface area contributed by atoms with Crippen LogP contribution in [0.1, 0.15) is 25.7 Å². The number of sulfone groups is 2. The second-order valence-corrected chi connectivity index (χ2v) is 9.83. The van der Waals surface area contributed by atoms with E-state index >= 15 is 0 Å². The van der Waals surface area contributed by atoms with E-state index < -0.39 is 30.2 Å². The molecule has 0 amide bonds. The number of rotatable bonds is 0. The highest BCUT2D eigenvalue weighted by Gasteiger charge is 2.63. The van der Waals surface area contributed by atoms with Gasteiger partial charge in [0.15, 0.2) is 19.7 Å². The molecule has 1 aliphatic carbocycles. The van der Waals surface area contributed by atoms with E-state index in [0.29, 0.717) is 12.8 Å². The summed E-state index contributed by atoms with van der Waals surface area (Å²) in [5.74, 6) is 0.650. The topological polar surface area (TPSA) is 68.3 Å². The van der Waals surface area contributed by atoms with Gasteiger partial charge in [0, 0.05) is 0 Å². The van der Waals surface area contributed by atoms with Crippen LogP contribution >= 0.6 is 0 Å². The summed E-state index contributed by atoms with van der Waals surface area (Å²) in [6.07, 6.45) is 3.24. The highest BCUT2D eigenvalue weighted by atomic mass is 32.2. The van der Waals surface area contributed by atoms with E-state index in [9.17, 15) is 16.8 Å². The van der Waals surface area contributed by atoms with Crippen molar-refractivity contribution in [3.05, 3.63) is 0 Å². The molecule has 6 heteroatoms. The average Bonchev–Trinajstić information content (AvgIpc) is 2.13. The average molecular weight is 264 g/mol. The fourth-order valence-electron chi connectivity index (χ4n) is 3.84. The molecule has 1 saturated carbocycles. The van der Waals surface area contributed by atoms with Crippen LogP contribution in [-0.2, 0) is 19.7 Å². The molecule has 2 heterocycles. The number of hydrogen-bond donors (Lipinski definition) is 0. The summed E-state index contributed by atoms with van der Waals surface area (Å²) < 4.78 is 47.7. The third-order valence-electron chi connectivity index (χ3n) is 4.48. The van der Waals surface area contributed by atoms with Gasteiger partial charge < -0.3 is 0 Å². The standard InChI is InChI=1S/C10H16O4S2/c11-15(12)5-1-3-7-8-4-2-6-16(13,14)10(8)9(7)15/h7-10H,1-6H2. The third-order valence-corrected chi connectivity index (χ3v) is 9.31. The largest absolute Gasteiger partial charge is 0.228 e. The lowest BCUT2D eigenvalue weighted by atomic mass is 9.68. The van der Waals surface area contributed by atoms with Crippen molar-refractivity contribution in [2.45, 2.75) is 36.2 Å². The molecular formula is C10H16O4S2. The zero-order chi connectivity index (χ0) is 11.6. The summed E-state index contributed by atoms with van der Waals surface area (Å²) >= 11 is 0. The Labute approximate surface area is 96.3 Å². The molecule has 0 bridgehead atoms. The van der Waals surface area contributed by atoms with Gasteiger partial charge in [-0.1, -0.05) is 0 Å². The molecule has 3 fully saturated rings. The van der Waals surface area contributed by atoms with Crippen molar-refractivity contribution in [3.8, 4) is 0 Å². The van der Waals surface area contributed by atoms with Crippen molar-refractivity contribution in [1.82, 2.24) is 0 Å². The Morgan fingerprint density at radius 1 is 0.688 bits per heavy atom. The minimum atomic E-state index is -3.14. The van der Waals surface area contributed by atoms with Crippen LogP contribution in [0.5, 0.6) is 0 Å². The smallest absolute Gasteiger partial charge is 0.154 e. The van der Waals surface area contributed by atoms with E-state index in [1.54, 1.807) is 0 Å². The quantitative estimate of drug-likeness (QED) is 0.634. The summed E-state index contributed by atoms with van der Waals surface area (Å²) in [5.41, 5.74) is 0. The highest BCUT2D eigenvalue weighted by Crippen LogP contribution is 2.53. The predicted molar refractivity (Wildman–Crippen MR) is 60.6 cm³/mol. The summed E-state index contributed by atoms with van der Waals surface area (Å²) in [6.45, 7) is 0. The first-order valence-corrected chi connectivity index (χ1v) is 9.30. The SMILES string of the molecule is O=S1(=O)CCCC2C3CCCS(=O)(=O)C3C21. The molecule has 0 aromatic heterocycles. The van der Waals surface area contributed by atoms with Crippen molar-refractivity contribution in [2.75, 3.05) is 11.5 Å². The van der Waals surface area contributed by atoms with Gasteiger partial charge in [0.2, 0.25) is 0 Å². The van der Waals surface area contributed by atoms with E-state index in [1.165, 1.54) is 0 Å². The molecular weight excluding hydrogens is 248 g/mol. The molecule has 2 saturated heterocycles. The Hall–Kier alpha value is -0.100. The fraction of sp³-hybridized carbons (Fsp3) is 1.00. The van der Waals surface area contributed by atoms with E-state index in [2.05, 4.69) is 0 Å². The Kier molecular flexibility index (Phi) is 2.22. The Morgan fingerprint density at radius 3 is 1.44 bits per heavy atom. The van der Waals surface area contributed by atoms with E-state index in [4.69, 9.17) is 0 Å². The molecule has 2 aliphatic heterocycles. The zero-order valence-corrected chi connectivity index (χ0v) is 10.6. The first-order chi connectivity index (χ1) is 7.43. The monoisotopic (exact) mass is 264 g/mol. The van der Waals surface area contributed by atoms with Gasteiger partial charge in [-0.15, -0.1) is 0 Å². The lowest BCUT2D eigenvalue weighted by Crippen LogP contribution is -2.66. The van der Waals surface area contributed by atoms with Gasteiger partial charge in [0.1, 0.15) is 0 Å². The van der Waals surface area contributed by atoms with E-state index in [1.807, 2.05) is 0 Å². The third kappa shape index (κ3) is 1.32. The van der Waals surface area contributed by atoms with Gasteiger partial charge >= 0.3 is 0 Å². The van der Waals surface area contributed by atoms with Crippen LogP contribution in [0, 0.1) is 11.8 Å². The first-order valence-electron chi connectivity index (χ1n) is 5.87. The normalized spacial score (nSPS) is 48.5. The summed E-state index contributed by atoms with van der Waals surface area (Å²) in [7, 11) is -6.29. The molecule has 4 nitrogen and oxygen atoms in total. The second-order valence-electron chi connectivity index (χ2n) is 5.28. The molecule has 4 atom stereocenters. The van der Waals surface area contributed by atoms with Gasteiger partial charge in [-0.3, -0.25) is 0 Å². The Bertz CT molecular complexity index is 457. The van der Waals surface area contributed by atoms with Crippen LogP contribution < -0.4 is 0 Å². The number of hydrogen-bond acceptors (Lipinski definition) is 4. The molecule has 3 rings (SSSR count). The minimum Gasteiger partial charge on any atom is -0.228 e. The molecule has 3 aliphatic rings. The maximum atomic E-state index is 11.9. The van der Waals surface area contributed by atoms with Gasteiger partial charge in [-0.2, -0.15) is 0 Å². The summed E-state index contributed by atoms with van der Waals surface area (Å²) in [5, 5.41) is -1.12. The van der Waals surface area contributed by atoms with Gasteiger partial charge in [-0.25, -0.2) is 16.8 Å². The van der Waals surface area contributed by atoms with Crippen LogP contribution in [0.2, 0.25) is 0 Å². The summed E-state index contributed by atoms with van der Waals surface area (Å²) in [6, 6.07) is 0. The molecule has 0 N–H and O–H groups in total. The molecule has 4 unspecified atom stereocenters. The van der Waals surface area contributed by atoms with Crippen molar-refractivity contribution < 1.29 is 16.8 Å². The summed E-state index contributed by atoms with van der Waals surface area (Å²) in [4.78, 5) is 0. The van der Waals surface area contributed by atoms with Crippen molar-refractivity contribution >= 4 is 19.7 Å². The molecule has 0 aromatic carbocycles. The van der Waals surface area contributed by atoms with Crippen LogP contribution in [-0.4, -0.2) is 38.8 Å². The fourth-order valence-corrected chi connectivity index (χ4v) is 9.50. The minimum absolute atomic E-state index is 0.138. The maximum Gasteiger partial charge on any atom is 0.154 e. The molecule has 0 radical (unpaired) electrons. The van der Waals surface area contributed by atoms with Crippen molar-refractivity contribution in [3.63, 3.8) is 0 Å². The van der Waals surface area contributed by atoms with E-state index in [0.717, 1.165) is 12.8 Å². The maximum absolute atomic E-state index is 11.9. The van der Waals surface area contributed by atoms with Crippen LogP contribution in [0.25, 0.3) is 0 Å². The van der Waals surface area contributed by atoms with Gasteiger partial charge in [0.05, 0.1) is 22.0 Å². The highest BCUT2D eigenvalue weighted by molar-refractivity contribution is 7.96. The van der Waals surface area contributed by atoms with E-state index in [-0.39, 0.29) is 23.3 Å². The van der Waals surface area contributed by atoms with Gasteiger partial charge in [0.25, 0.3) is 0 Å². The predicted octanol–water partition coefficient (Wildman–Crippen LogP) is 0.387. The molecule has 0 aromatic rings. The molecule has 92 valence electrons. The van der Waals surface area contributed by atoms with Gasteiger partial charge in [-0.05, 0) is 37.5 Å². The lowest BCUT2D eigenvalue weighted by Gasteiger charge is -2.54. The van der Waals surface area contributed by atoms with Crippen molar-refractivity contribution in [1.29, 1.82) is 0 Å². The zero-order valence-electron chi connectivity index (χ0n) is 9.00.